The van der Waals surface area contributed by atoms with Gasteiger partial charge < -0.3 is 16.0 Å². The third kappa shape index (κ3) is 6.64. The smallest absolute Gasteiger partial charge is 0.347 e. The molecule has 3 N–H and O–H groups in total. The summed E-state index contributed by atoms with van der Waals surface area (Å²) in [6.07, 6.45) is -4.64. The Bertz CT molecular complexity index is 780. The fraction of sp³-hybridized carbons (Fsp3) is 0.176. The maximum atomic E-state index is 12.0. The van der Waals surface area contributed by atoms with E-state index < -0.39 is 24.7 Å². The minimum atomic E-state index is -4.45. The predicted molar refractivity (Wildman–Crippen MR) is 93.3 cm³/mol. The van der Waals surface area contributed by atoms with E-state index in [1.165, 1.54) is 12.1 Å². The lowest BCUT2D eigenvalue weighted by Crippen LogP contribution is -2.34. The molecule has 0 fully saturated rings. The predicted octanol–water partition coefficient (Wildman–Crippen LogP) is 4.21. The molecule has 0 bridgehead atoms. The summed E-state index contributed by atoms with van der Waals surface area (Å²) in [5.74, 6) is -0.737. The molecule has 2 aromatic carbocycles. The van der Waals surface area contributed by atoms with E-state index in [2.05, 4.69) is 10.6 Å². The lowest BCUT2D eigenvalue weighted by Gasteiger charge is -2.10. The number of para-hydroxylation sites is 1. The molecule has 138 valence electrons. The topological polar surface area (TPSA) is 70.2 Å². The van der Waals surface area contributed by atoms with Crippen molar-refractivity contribution in [3.63, 3.8) is 0 Å². The highest BCUT2D eigenvalue weighted by molar-refractivity contribution is 6.33. The standard InChI is InChI=1S/C17H15ClF3N3O2/c18-13-3-1-2-4-14(13)24-16(26)23-12-7-5-11(6-8-12)9-15(25)22-10-17(19,20)21/h1-8H,9-10H2,(H,22,25)(H2,23,24,26). The zero-order valence-corrected chi connectivity index (χ0v) is 14.1. The summed E-state index contributed by atoms with van der Waals surface area (Å²) in [5, 5.41) is 7.35. The van der Waals surface area contributed by atoms with E-state index in [0.29, 0.717) is 22.0 Å². The van der Waals surface area contributed by atoms with Gasteiger partial charge in [0.15, 0.2) is 0 Å². The first kappa shape index (κ1) is 19.6. The van der Waals surface area contributed by atoms with Crippen LogP contribution >= 0.6 is 11.6 Å². The van der Waals surface area contributed by atoms with Crippen LogP contribution in [-0.4, -0.2) is 24.7 Å². The minimum absolute atomic E-state index is 0.192. The highest BCUT2D eigenvalue weighted by atomic mass is 35.5. The van der Waals surface area contributed by atoms with E-state index in [0.717, 1.165) is 0 Å². The van der Waals surface area contributed by atoms with E-state index in [4.69, 9.17) is 11.6 Å². The number of hydrogen-bond acceptors (Lipinski definition) is 2. The van der Waals surface area contributed by atoms with Crippen molar-refractivity contribution in [1.29, 1.82) is 0 Å². The third-order valence-corrected chi connectivity index (χ3v) is 3.51. The van der Waals surface area contributed by atoms with Crippen molar-refractivity contribution in [1.82, 2.24) is 5.32 Å². The Morgan fingerprint density at radius 3 is 2.23 bits per heavy atom. The molecule has 0 spiro atoms. The monoisotopic (exact) mass is 385 g/mol. The first-order valence-corrected chi connectivity index (χ1v) is 7.86. The molecule has 0 atom stereocenters. The molecule has 0 aliphatic carbocycles. The number of urea groups is 1. The Labute approximate surface area is 152 Å². The fourth-order valence-corrected chi connectivity index (χ4v) is 2.18. The van der Waals surface area contributed by atoms with Crippen LogP contribution in [0.15, 0.2) is 48.5 Å². The van der Waals surface area contributed by atoms with E-state index in [1.54, 1.807) is 41.7 Å². The maximum Gasteiger partial charge on any atom is 0.405 e. The second-order valence-electron chi connectivity index (χ2n) is 5.32. The van der Waals surface area contributed by atoms with Crippen LogP contribution < -0.4 is 16.0 Å². The third-order valence-electron chi connectivity index (χ3n) is 3.18. The highest BCUT2D eigenvalue weighted by Gasteiger charge is 2.27. The quantitative estimate of drug-likeness (QED) is 0.721. The van der Waals surface area contributed by atoms with Crippen LogP contribution in [-0.2, 0) is 11.2 Å². The van der Waals surface area contributed by atoms with Gasteiger partial charge in [-0.05, 0) is 29.8 Å². The second-order valence-corrected chi connectivity index (χ2v) is 5.73. The van der Waals surface area contributed by atoms with Gasteiger partial charge in [-0.15, -0.1) is 0 Å². The van der Waals surface area contributed by atoms with Crippen LogP contribution in [0.1, 0.15) is 5.56 Å². The molecule has 0 heterocycles. The Hall–Kier alpha value is -2.74. The maximum absolute atomic E-state index is 12.0. The number of anilines is 2. The van der Waals surface area contributed by atoms with Crippen molar-refractivity contribution in [3.8, 4) is 0 Å². The lowest BCUT2D eigenvalue weighted by molar-refractivity contribution is -0.138. The Morgan fingerprint density at radius 1 is 0.962 bits per heavy atom. The Morgan fingerprint density at radius 2 is 1.62 bits per heavy atom. The van der Waals surface area contributed by atoms with Gasteiger partial charge in [0, 0.05) is 5.69 Å². The zero-order chi connectivity index (χ0) is 19.2. The zero-order valence-electron chi connectivity index (χ0n) is 13.4. The number of nitrogens with one attached hydrogen (secondary N) is 3. The first-order valence-electron chi connectivity index (χ1n) is 7.48. The van der Waals surface area contributed by atoms with Crippen molar-refractivity contribution in [2.45, 2.75) is 12.6 Å². The number of rotatable bonds is 5. The molecule has 2 rings (SSSR count). The van der Waals surface area contributed by atoms with Crippen molar-refractivity contribution in [2.24, 2.45) is 0 Å². The summed E-state index contributed by atoms with van der Waals surface area (Å²) in [4.78, 5) is 23.4. The molecule has 0 aliphatic heterocycles. The molecule has 0 aliphatic rings. The van der Waals surface area contributed by atoms with Gasteiger partial charge in [0.05, 0.1) is 17.1 Å². The highest BCUT2D eigenvalue weighted by Crippen LogP contribution is 2.20. The first-order chi connectivity index (χ1) is 12.2. The van der Waals surface area contributed by atoms with Crippen molar-refractivity contribution in [3.05, 3.63) is 59.1 Å². The van der Waals surface area contributed by atoms with Crippen LogP contribution in [0.4, 0.5) is 29.3 Å². The minimum Gasteiger partial charge on any atom is -0.347 e. The molecule has 5 nitrogen and oxygen atoms in total. The molecule has 0 unspecified atom stereocenters. The summed E-state index contributed by atoms with van der Waals surface area (Å²) < 4.78 is 36.1. The van der Waals surface area contributed by atoms with Crippen LogP contribution in [0, 0.1) is 0 Å². The number of benzene rings is 2. The van der Waals surface area contributed by atoms with Crippen LogP contribution in [0.2, 0.25) is 5.02 Å². The molecule has 0 saturated heterocycles. The van der Waals surface area contributed by atoms with Gasteiger partial charge in [0.1, 0.15) is 6.54 Å². The van der Waals surface area contributed by atoms with E-state index in [1.807, 2.05) is 0 Å². The fourth-order valence-electron chi connectivity index (χ4n) is 2.00. The average Bonchev–Trinajstić information content (AvgIpc) is 2.56. The molecular weight excluding hydrogens is 371 g/mol. The number of alkyl halides is 3. The summed E-state index contributed by atoms with van der Waals surface area (Å²) in [6.45, 7) is -1.37. The molecule has 26 heavy (non-hydrogen) atoms. The summed E-state index contributed by atoms with van der Waals surface area (Å²) in [7, 11) is 0. The molecule has 0 saturated carbocycles. The number of halogens is 4. The van der Waals surface area contributed by atoms with E-state index >= 15 is 0 Å². The van der Waals surface area contributed by atoms with Crippen molar-refractivity contribution >= 4 is 34.9 Å². The van der Waals surface area contributed by atoms with Crippen molar-refractivity contribution in [2.75, 3.05) is 17.2 Å². The van der Waals surface area contributed by atoms with Crippen LogP contribution in [0.25, 0.3) is 0 Å². The molecule has 9 heteroatoms. The average molecular weight is 386 g/mol. The summed E-state index contributed by atoms with van der Waals surface area (Å²) >= 11 is 5.94. The van der Waals surface area contributed by atoms with Gasteiger partial charge in [-0.3, -0.25) is 4.79 Å². The van der Waals surface area contributed by atoms with Gasteiger partial charge in [-0.1, -0.05) is 35.9 Å². The van der Waals surface area contributed by atoms with E-state index in [-0.39, 0.29) is 6.42 Å². The molecular formula is C17H15ClF3N3O2. The van der Waals surface area contributed by atoms with Gasteiger partial charge in [-0.2, -0.15) is 13.2 Å². The normalized spacial score (nSPS) is 10.9. The number of carbonyl (C=O) groups excluding carboxylic acids is 2. The lowest BCUT2D eigenvalue weighted by atomic mass is 10.1. The molecule has 0 radical (unpaired) electrons. The SMILES string of the molecule is O=C(Cc1ccc(NC(=O)Nc2ccccc2Cl)cc1)NCC(F)(F)F. The Kier molecular flexibility index (Phi) is 6.46. The summed E-state index contributed by atoms with van der Waals surface area (Å²) in [5.41, 5.74) is 1.42. The van der Waals surface area contributed by atoms with Gasteiger partial charge in [0.25, 0.3) is 0 Å². The molecule has 0 aromatic heterocycles. The van der Waals surface area contributed by atoms with Gasteiger partial charge in [-0.25, -0.2) is 4.79 Å². The largest absolute Gasteiger partial charge is 0.405 e. The van der Waals surface area contributed by atoms with Gasteiger partial charge >= 0.3 is 12.2 Å². The summed E-state index contributed by atoms with van der Waals surface area (Å²) in [6, 6.07) is 12.4. The molecule has 3 amide bonds. The Balaban J connectivity index is 1.86. The number of carbonyl (C=O) groups is 2. The van der Waals surface area contributed by atoms with Crippen LogP contribution in [0.5, 0.6) is 0 Å². The van der Waals surface area contributed by atoms with Crippen molar-refractivity contribution < 1.29 is 22.8 Å². The molecule has 2 aromatic rings. The van der Waals surface area contributed by atoms with Gasteiger partial charge in [0.2, 0.25) is 5.91 Å². The number of hydrogen-bond donors (Lipinski definition) is 3. The number of amides is 3. The van der Waals surface area contributed by atoms with Crippen LogP contribution in [0.3, 0.4) is 0 Å². The van der Waals surface area contributed by atoms with E-state index in [9.17, 15) is 22.8 Å². The second kappa shape index (κ2) is 8.57.